The van der Waals surface area contributed by atoms with Crippen LogP contribution in [0.1, 0.15) is 22.7 Å². The summed E-state index contributed by atoms with van der Waals surface area (Å²) in [5, 5.41) is 21.3. The van der Waals surface area contributed by atoms with Crippen molar-refractivity contribution in [2.75, 3.05) is 0 Å². The Kier molecular flexibility index (Phi) is 4.87. The van der Waals surface area contributed by atoms with Gasteiger partial charge in [0, 0.05) is 6.54 Å². The van der Waals surface area contributed by atoms with Crippen LogP contribution in [0.25, 0.3) is 0 Å². The molecule has 2 aromatic carbocycles. The van der Waals surface area contributed by atoms with Crippen molar-refractivity contribution in [1.82, 2.24) is 5.32 Å². The molecular weight excluding hydrogens is 254 g/mol. The molecule has 0 spiro atoms. The number of carboxylic acid groups (broad SMARTS) is 1. The van der Waals surface area contributed by atoms with E-state index in [1.807, 2.05) is 42.5 Å². The van der Waals surface area contributed by atoms with E-state index in [-0.39, 0.29) is 6.61 Å². The number of benzene rings is 2. The first-order valence-corrected chi connectivity index (χ1v) is 6.40. The monoisotopic (exact) mass is 271 g/mol. The highest BCUT2D eigenvalue weighted by Crippen LogP contribution is 2.14. The number of rotatable bonds is 6. The van der Waals surface area contributed by atoms with Crippen molar-refractivity contribution in [3.8, 4) is 0 Å². The van der Waals surface area contributed by atoms with E-state index in [1.165, 1.54) is 0 Å². The van der Waals surface area contributed by atoms with Gasteiger partial charge in [-0.15, -0.1) is 0 Å². The van der Waals surface area contributed by atoms with Gasteiger partial charge >= 0.3 is 5.97 Å². The lowest BCUT2D eigenvalue weighted by molar-refractivity contribution is -0.139. The fourth-order valence-electron chi connectivity index (χ4n) is 1.98. The summed E-state index contributed by atoms with van der Waals surface area (Å²) in [6.07, 6.45) is 0. The third kappa shape index (κ3) is 3.66. The largest absolute Gasteiger partial charge is 0.480 e. The molecule has 2 aromatic rings. The predicted molar refractivity (Wildman–Crippen MR) is 76.0 cm³/mol. The van der Waals surface area contributed by atoms with Gasteiger partial charge in [-0.25, -0.2) is 0 Å². The van der Waals surface area contributed by atoms with Crippen LogP contribution < -0.4 is 5.32 Å². The summed E-state index contributed by atoms with van der Waals surface area (Å²) >= 11 is 0. The van der Waals surface area contributed by atoms with Gasteiger partial charge in [-0.2, -0.15) is 0 Å². The quantitative estimate of drug-likeness (QED) is 0.752. The maximum absolute atomic E-state index is 11.3. The number of hydrogen-bond donors (Lipinski definition) is 3. The first kappa shape index (κ1) is 14.2. The normalized spacial score (nSPS) is 12.1. The summed E-state index contributed by atoms with van der Waals surface area (Å²) in [7, 11) is 0. The van der Waals surface area contributed by atoms with Crippen LogP contribution >= 0.6 is 0 Å². The minimum Gasteiger partial charge on any atom is -0.480 e. The third-order valence-corrected chi connectivity index (χ3v) is 3.10. The highest BCUT2D eigenvalue weighted by molar-refractivity contribution is 5.75. The van der Waals surface area contributed by atoms with Crippen molar-refractivity contribution in [3.05, 3.63) is 71.3 Å². The van der Waals surface area contributed by atoms with Crippen LogP contribution in [0.5, 0.6) is 0 Å². The van der Waals surface area contributed by atoms with Crippen molar-refractivity contribution >= 4 is 5.97 Å². The number of carbonyl (C=O) groups is 1. The van der Waals surface area contributed by atoms with Gasteiger partial charge in [-0.3, -0.25) is 10.1 Å². The molecule has 0 heterocycles. The first-order chi connectivity index (χ1) is 9.70. The second-order valence-electron chi connectivity index (χ2n) is 4.54. The molecule has 4 nitrogen and oxygen atoms in total. The second kappa shape index (κ2) is 6.84. The van der Waals surface area contributed by atoms with E-state index >= 15 is 0 Å². The maximum atomic E-state index is 11.3. The highest BCUT2D eigenvalue weighted by Gasteiger charge is 2.18. The van der Waals surface area contributed by atoms with Crippen molar-refractivity contribution in [2.24, 2.45) is 0 Å². The third-order valence-electron chi connectivity index (χ3n) is 3.10. The molecule has 0 fully saturated rings. The zero-order valence-electron chi connectivity index (χ0n) is 11.0. The van der Waals surface area contributed by atoms with E-state index in [9.17, 15) is 9.90 Å². The smallest absolute Gasteiger partial charge is 0.325 e. The molecule has 1 unspecified atom stereocenters. The molecule has 0 aliphatic rings. The van der Waals surface area contributed by atoms with E-state index in [4.69, 9.17) is 5.11 Å². The second-order valence-corrected chi connectivity index (χ2v) is 4.54. The Morgan fingerprint density at radius 2 is 1.60 bits per heavy atom. The van der Waals surface area contributed by atoms with Crippen molar-refractivity contribution in [1.29, 1.82) is 0 Å². The van der Waals surface area contributed by atoms with Crippen LogP contribution in [0.2, 0.25) is 0 Å². The van der Waals surface area contributed by atoms with Gasteiger partial charge in [0.1, 0.15) is 6.04 Å². The fourth-order valence-corrected chi connectivity index (χ4v) is 1.98. The van der Waals surface area contributed by atoms with E-state index in [2.05, 4.69) is 5.32 Å². The zero-order chi connectivity index (χ0) is 14.4. The summed E-state index contributed by atoms with van der Waals surface area (Å²) in [6, 6.07) is 15.8. The molecule has 0 saturated carbocycles. The predicted octanol–water partition coefficient (Wildman–Crippen LogP) is 2.09. The van der Waals surface area contributed by atoms with Gasteiger partial charge in [-0.1, -0.05) is 54.6 Å². The number of aliphatic hydroxyl groups excluding tert-OH is 1. The van der Waals surface area contributed by atoms with E-state index in [0.717, 1.165) is 16.7 Å². The van der Waals surface area contributed by atoms with E-state index < -0.39 is 12.0 Å². The summed E-state index contributed by atoms with van der Waals surface area (Å²) < 4.78 is 0. The highest BCUT2D eigenvalue weighted by atomic mass is 16.4. The molecule has 0 amide bonds. The summed E-state index contributed by atoms with van der Waals surface area (Å²) in [4.78, 5) is 11.3. The van der Waals surface area contributed by atoms with Gasteiger partial charge in [0.15, 0.2) is 0 Å². The number of nitrogens with one attached hydrogen (secondary N) is 1. The summed E-state index contributed by atoms with van der Waals surface area (Å²) in [6.45, 7) is 0.465. The number of hydrogen-bond acceptors (Lipinski definition) is 3. The molecule has 1 atom stereocenters. The lowest BCUT2D eigenvalue weighted by Gasteiger charge is -2.15. The number of aliphatic hydroxyl groups is 1. The first-order valence-electron chi connectivity index (χ1n) is 6.40. The maximum Gasteiger partial charge on any atom is 0.325 e. The Bertz CT molecular complexity index is 552. The molecule has 0 saturated heterocycles. The molecule has 2 rings (SSSR count). The number of carboxylic acids is 1. The fraction of sp³-hybridized carbons (Fsp3) is 0.188. The Morgan fingerprint density at radius 3 is 2.15 bits per heavy atom. The van der Waals surface area contributed by atoms with Gasteiger partial charge in [0.05, 0.1) is 6.61 Å². The van der Waals surface area contributed by atoms with Gasteiger partial charge in [0.25, 0.3) is 0 Å². The van der Waals surface area contributed by atoms with Gasteiger partial charge < -0.3 is 10.2 Å². The Morgan fingerprint density at radius 1 is 1.00 bits per heavy atom. The molecule has 0 bridgehead atoms. The average molecular weight is 271 g/mol. The van der Waals surface area contributed by atoms with Crippen molar-refractivity contribution < 1.29 is 15.0 Å². The minimum absolute atomic E-state index is 0.00940. The summed E-state index contributed by atoms with van der Waals surface area (Å²) in [5.41, 5.74) is 2.54. The van der Waals surface area contributed by atoms with Crippen LogP contribution in [0.15, 0.2) is 54.6 Å². The van der Waals surface area contributed by atoms with E-state index in [1.54, 1.807) is 12.1 Å². The molecular formula is C16H17NO3. The molecule has 4 heteroatoms. The summed E-state index contributed by atoms with van der Waals surface area (Å²) in [5.74, 6) is -0.900. The van der Waals surface area contributed by atoms with Crippen LogP contribution in [-0.4, -0.2) is 16.2 Å². The lowest BCUT2D eigenvalue weighted by atomic mass is 10.1. The Hall–Kier alpha value is -2.17. The SMILES string of the molecule is O=C(O)C(NCc1ccc(CO)cc1)c1ccccc1. The minimum atomic E-state index is -0.900. The molecule has 0 aliphatic heterocycles. The molecule has 0 aliphatic carbocycles. The van der Waals surface area contributed by atoms with Crippen LogP contribution in [-0.2, 0) is 17.9 Å². The van der Waals surface area contributed by atoms with Crippen LogP contribution in [0, 0.1) is 0 Å². The molecule has 3 N–H and O–H groups in total. The molecule has 20 heavy (non-hydrogen) atoms. The standard InChI is InChI=1S/C16H17NO3/c18-11-13-8-6-12(7-9-13)10-17-15(16(19)20)14-4-2-1-3-5-14/h1-9,15,17-18H,10-11H2,(H,19,20). The molecule has 0 radical (unpaired) electrons. The Labute approximate surface area is 117 Å². The van der Waals surface area contributed by atoms with Crippen molar-refractivity contribution in [2.45, 2.75) is 19.2 Å². The van der Waals surface area contributed by atoms with Gasteiger partial charge in [-0.05, 0) is 16.7 Å². The average Bonchev–Trinajstić information content (AvgIpc) is 2.49. The van der Waals surface area contributed by atoms with Crippen molar-refractivity contribution in [3.63, 3.8) is 0 Å². The van der Waals surface area contributed by atoms with Crippen LogP contribution in [0.3, 0.4) is 0 Å². The molecule has 104 valence electrons. The number of aliphatic carboxylic acids is 1. The topological polar surface area (TPSA) is 69.6 Å². The van der Waals surface area contributed by atoms with Crippen LogP contribution in [0.4, 0.5) is 0 Å². The van der Waals surface area contributed by atoms with E-state index in [0.29, 0.717) is 6.54 Å². The Balaban J connectivity index is 2.04. The lowest BCUT2D eigenvalue weighted by Crippen LogP contribution is -2.28. The van der Waals surface area contributed by atoms with Gasteiger partial charge in [0.2, 0.25) is 0 Å². The molecule has 0 aromatic heterocycles. The zero-order valence-corrected chi connectivity index (χ0v) is 11.0.